The molecule has 0 aliphatic heterocycles. The molecule has 1 amide bonds. The third-order valence-electron chi connectivity index (χ3n) is 1.20. The van der Waals surface area contributed by atoms with Crippen LogP contribution in [-0.4, -0.2) is 26.0 Å². The van der Waals surface area contributed by atoms with Crippen molar-refractivity contribution in [1.29, 1.82) is 0 Å². The number of likely N-dealkylation sites (N-methyl/N-ethyl adjacent to an activating group) is 1. The minimum absolute atomic E-state index is 0. The summed E-state index contributed by atoms with van der Waals surface area (Å²) < 4.78 is 0. The molecular formula is C9H24N2O. The number of carbonyl (C=O) groups excluding carboxylic acids is 1. The number of hydrogen-bond acceptors (Lipinski definition) is 2. The Kier molecular flexibility index (Phi) is 12.2. The van der Waals surface area contributed by atoms with Gasteiger partial charge >= 0.3 is 0 Å². The van der Waals surface area contributed by atoms with Crippen molar-refractivity contribution >= 4 is 5.91 Å². The second kappa shape index (κ2) is 10.4. The normalized spacial score (nSPS) is 8.83. The fourth-order valence-electron chi connectivity index (χ4n) is 0.515. The van der Waals surface area contributed by atoms with Gasteiger partial charge in [-0.3, -0.25) is 4.79 Å². The molecule has 0 saturated carbocycles. The Balaban J connectivity index is -0.000000309. The number of amides is 1. The highest BCUT2D eigenvalue weighted by molar-refractivity contribution is 5.77. The highest BCUT2D eigenvalue weighted by Crippen LogP contribution is 1.88. The molecule has 0 saturated heterocycles. The molecule has 0 spiro atoms. The van der Waals surface area contributed by atoms with Gasteiger partial charge in [0.1, 0.15) is 0 Å². The minimum atomic E-state index is 0. The van der Waals surface area contributed by atoms with Crippen LogP contribution in [0.5, 0.6) is 0 Å². The van der Waals surface area contributed by atoms with E-state index in [-0.39, 0.29) is 13.3 Å². The number of nitrogens with one attached hydrogen (secondary N) is 2. The van der Waals surface area contributed by atoms with E-state index in [1.165, 1.54) is 0 Å². The molecular weight excluding hydrogens is 152 g/mol. The smallest absolute Gasteiger partial charge is 0.222 e. The highest BCUT2D eigenvalue weighted by atomic mass is 16.1. The van der Waals surface area contributed by atoms with Gasteiger partial charge in [-0.2, -0.15) is 0 Å². The third kappa shape index (κ3) is 9.43. The van der Waals surface area contributed by atoms with Gasteiger partial charge in [-0.1, -0.05) is 27.7 Å². The molecule has 0 aromatic heterocycles. The molecule has 3 nitrogen and oxygen atoms in total. The van der Waals surface area contributed by atoms with Gasteiger partial charge < -0.3 is 10.6 Å². The Morgan fingerprint density at radius 2 is 1.83 bits per heavy atom. The fraction of sp³-hybridized carbons (Fsp3) is 0.889. The van der Waals surface area contributed by atoms with Gasteiger partial charge in [-0.25, -0.2) is 0 Å². The van der Waals surface area contributed by atoms with Crippen LogP contribution in [0.2, 0.25) is 0 Å². The zero-order valence-corrected chi connectivity index (χ0v) is 8.90. The van der Waals surface area contributed by atoms with Crippen LogP contribution in [0.1, 0.15) is 29.1 Å². The largest absolute Gasteiger partial charge is 0.355 e. The summed E-state index contributed by atoms with van der Waals surface area (Å²) in [4.78, 5) is 10.9. The molecule has 12 heavy (non-hydrogen) atoms. The Morgan fingerprint density at radius 1 is 1.33 bits per heavy atom. The molecule has 76 valence electrons. The molecule has 0 unspecified atom stereocenters. The predicted octanol–water partition coefficient (Wildman–Crippen LogP) is 1.25. The lowest BCUT2D eigenvalue weighted by atomic mass is 10.2. The van der Waals surface area contributed by atoms with E-state index in [1.807, 2.05) is 34.7 Å². The highest BCUT2D eigenvalue weighted by Gasteiger charge is 2.03. The quantitative estimate of drug-likeness (QED) is 0.633. The summed E-state index contributed by atoms with van der Waals surface area (Å²) in [6.45, 7) is 9.31. The molecule has 2 N–H and O–H groups in total. The van der Waals surface area contributed by atoms with Crippen LogP contribution in [0.4, 0.5) is 0 Å². The van der Waals surface area contributed by atoms with Gasteiger partial charge in [0.2, 0.25) is 5.91 Å². The first-order chi connectivity index (χ1) is 5.68. The fourth-order valence-corrected chi connectivity index (χ4v) is 0.515. The molecule has 0 atom stereocenters. The van der Waals surface area contributed by atoms with Crippen molar-refractivity contribution in [2.24, 2.45) is 5.92 Å². The van der Waals surface area contributed by atoms with E-state index >= 15 is 0 Å². The lowest BCUT2D eigenvalue weighted by molar-refractivity contribution is -0.123. The summed E-state index contributed by atoms with van der Waals surface area (Å²) in [5.74, 6) is 0.215. The van der Waals surface area contributed by atoms with Gasteiger partial charge in [0.15, 0.2) is 0 Å². The maximum absolute atomic E-state index is 10.9. The second-order valence-electron chi connectivity index (χ2n) is 2.55. The molecule has 0 bridgehead atoms. The van der Waals surface area contributed by atoms with E-state index < -0.39 is 0 Å². The summed E-state index contributed by atoms with van der Waals surface area (Å²) in [5, 5.41) is 5.73. The second-order valence-corrected chi connectivity index (χ2v) is 2.55. The van der Waals surface area contributed by atoms with Crippen LogP contribution >= 0.6 is 0 Å². The van der Waals surface area contributed by atoms with Gasteiger partial charge in [0, 0.05) is 20.4 Å². The zero-order chi connectivity index (χ0) is 9.98. The Bertz CT molecular complexity index is 108. The predicted molar refractivity (Wildman–Crippen MR) is 55.2 cm³/mol. The SMILES string of the molecule is CC.CNCCNC(=O)C(C)C.[HH]. The van der Waals surface area contributed by atoms with Crippen molar-refractivity contribution in [2.75, 3.05) is 20.1 Å². The van der Waals surface area contributed by atoms with E-state index in [1.54, 1.807) is 0 Å². The summed E-state index contributed by atoms with van der Waals surface area (Å²) in [7, 11) is 1.86. The molecule has 0 aromatic rings. The number of rotatable bonds is 4. The Hall–Kier alpha value is -0.570. The van der Waals surface area contributed by atoms with Crippen molar-refractivity contribution < 1.29 is 6.22 Å². The average Bonchev–Trinajstić information content (AvgIpc) is 2.08. The van der Waals surface area contributed by atoms with Crippen LogP contribution in [0.15, 0.2) is 0 Å². The van der Waals surface area contributed by atoms with E-state index in [0.29, 0.717) is 6.54 Å². The van der Waals surface area contributed by atoms with Crippen molar-refractivity contribution in [3.05, 3.63) is 0 Å². The van der Waals surface area contributed by atoms with Crippen molar-refractivity contribution in [3.63, 3.8) is 0 Å². The lowest BCUT2D eigenvalue weighted by Gasteiger charge is -2.05. The van der Waals surface area contributed by atoms with Crippen LogP contribution in [0.3, 0.4) is 0 Å². The van der Waals surface area contributed by atoms with E-state index in [2.05, 4.69) is 10.6 Å². The molecule has 0 aliphatic carbocycles. The van der Waals surface area contributed by atoms with Crippen molar-refractivity contribution in [2.45, 2.75) is 27.7 Å². The van der Waals surface area contributed by atoms with Gasteiger partial charge in [-0.15, -0.1) is 0 Å². The molecule has 0 heterocycles. The maximum Gasteiger partial charge on any atom is 0.222 e. The lowest BCUT2D eigenvalue weighted by Crippen LogP contribution is -2.33. The topological polar surface area (TPSA) is 41.1 Å². The summed E-state index contributed by atoms with van der Waals surface area (Å²) in [6, 6.07) is 0. The first-order valence-electron chi connectivity index (χ1n) is 4.60. The number of hydrogen-bond donors (Lipinski definition) is 2. The van der Waals surface area contributed by atoms with E-state index in [0.717, 1.165) is 6.54 Å². The molecule has 0 fully saturated rings. The third-order valence-corrected chi connectivity index (χ3v) is 1.20. The van der Waals surface area contributed by atoms with Crippen molar-refractivity contribution in [3.8, 4) is 0 Å². The van der Waals surface area contributed by atoms with Gasteiger partial charge in [0.25, 0.3) is 0 Å². The van der Waals surface area contributed by atoms with E-state index in [9.17, 15) is 4.79 Å². The molecule has 3 heteroatoms. The van der Waals surface area contributed by atoms with Crippen LogP contribution in [-0.2, 0) is 4.79 Å². The van der Waals surface area contributed by atoms with Crippen LogP contribution in [0, 0.1) is 5.92 Å². The monoisotopic (exact) mass is 176 g/mol. The Labute approximate surface area is 77.4 Å². The zero-order valence-electron chi connectivity index (χ0n) is 8.90. The Morgan fingerprint density at radius 3 is 2.17 bits per heavy atom. The first kappa shape index (κ1) is 14.0. The van der Waals surface area contributed by atoms with Gasteiger partial charge in [-0.05, 0) is 7.05 Å². The van der Waals surface area contributed by atoms with Crippen molar-refractivity contribution in [1.82, 2.24) is 10.6 Å². The molecule has 0 rings (SSSR count). The maximum atomic E-state index is 10.9. The molecule has 0 aromatic carbocycles. The van der Waals surface area contributed by atoms with Crippen LogP contribution in [0.25, 0.3) is 0 Å². The molecule has 0 radical (unpaired) electrons. The first-order valence-corrected chi connectivity index (χ1v) is 4.60. The minimum Gasteiger partial charge on any atom is -0.355 e. The van der Waals surface area contributed by atoms with E-state index in [4.69, 9.17) is 0 Å². The summed E-state index contributed by atoms with van der Waals surface area (Å²) in [5.41, 5.74) is 0. The molecule has 0 aliphatic rings. The standard InChI is InChI=1S/C7H16N2O.C2H6.H2/c1-6(2)7(10)9-5-4-8-3;1-2;/h6,8H,4-5H2,1-3H3,(H,9,10);1-2H3;1H. The van der Waals surface area contributed by atoms with Crippen LogP contribution < -0.4 is 10.6 Å². The van der Waals surface area contributed by atoms with Gasteiger partial charge in [0.05, 0.1) is 0 Å². The number of carbonyl (C=O) groups is 1. The summed E-state index contributed by atoms with van der Waals surface area (Å²) in [6.07, 6.45) is 0. The average molecular weight is 176 g/mol. The summed E-state index contributed by atoms with van der Waals surface area (Å²) >= 11 is 0.